The Morgan fingerprint density at radius 1 is 1.30 bits per heavy atom. The number of aromatic nitrogens is 3. The van der Waals surface area contributed by atoms with Gasteiger partial charge in [-0.3, -0.25) is 9.20 Å². The van der Waals surface area contributed by atoms with E-state index in [2.05, 4.69) is 29.4 Å². The van der Waals surface area contributed by atoms with Gasteiger partial charge >= 0.3 is 0 Å². The Bertz CT molecular complexity index is 851. The number of thiazole rings is 1. The van der Waals surface area contributed by atoms with Gasteiger partial charge in [-0.2, -0.15) is 0 Å². The summed E-state index contributed by atoms with van der Waals surface area (Å²) < 4.78 is 1.96. The number of nitrogens with one attached hydrogen (secondary N) is 1. The maximum Gasteiger partial charge on any atom is 0.263 e. The third-order valence-electron chi connectivity index (χ3n) is 3.60. The van der Waals surface area contributed by atoms with Crippen LogP contribution in [0, 0.1) is 6.92 Å². The van der Waals surface area contributed by atoms with E-state index in [9.17, 15) is 4.79 Å². The molecule has 3 aromatic rings. The Morgan fingerprint density at radius 2 is 2.00 bits per heavy atom. The van der Waals surface area contributed by atoms with Crippen molar-refractivity contribution in [2.24, 2.45) is 0 Å². The molecular weight excluding hydrogens is 332 g/mol. The first-order chi connectivity index (χ1) is 11.0. The molecule has 0 aliphatic carbocycles. The number of fused-ring (bicyclic) bond motifs is 1. The van der Waals surface area contributed by atoms with Crippen molar-refractivity contribution in [3.8, 4) is 0 Å². The van der Waals surface area contributed by atoms with E-state index in [4.69, 9.17) is 11.6 Å². The molecule has 0 aliphatic rings. The molecule has 2 aromatic heterocycles. The highest BCUT2D eigenvalue weighted by molar-refractivity contribution is 7.19. The maximum atomic E-state index is 12.5. The van der Waals surface area contributed by atoms with Crippen LogP contribution >= 0.6 is 22.9 Å². The zero-order valence-electron chi connectivity index (χ0n) is 13.1. The number of benzene rings is 1. The third kappa shape index (κ3) is 3.09. The summed E-state index contributed by atoms with van der Waals surface area (Å²) in [6, 6.07) is 7.43. The van der Waals surface area contributed by atoms with E-state index in [0.29, 0.717) is 16.4 Å². The number of rotatable bonds is 4. The second-order valence-corrected chi connectivity index (χ2v) is 7.07. The lowest BCUT2D eigenvalue weighted by Crippen LogP contribution is -2.22. The summed E-state index contributed by atoms with van der Waals surface area (Å²) in [6.07, 6.45) is 0. The van der Waals surface area contributed by atoms with Gasteiger partial charge in [-0.15, -0.1) is 10.2 Å². The van der Waals surface area contributed by atoms with Crippen molar-refractivity contribution in [2.45, 2.75) is 33.2 Å². The molecule has 0 saturated heterocycles. The molecule has 0 radical (unpaired) electrons. The molecule has 0 fully saturated rings. The van der Waals surface area contributed by atoms with Gasteiger partial charge in [0.2, 0.25) is 4.96 Å². The third-order valence-corrected chi connectivity index (χ3v) is 4.99. The van der Waals surface area contributed by atoms with Crippen LogP contribution in [0.1, 0.15) is 46.5 Å². The lowest BCUT2D eigenvalue weighted by atomic mass is 10.2. The first-order valence-electron chi connectivity index (χ1n) is 7.34. The number of hydrogen-bond acceptors (Lipinski definition) is 4. The minimum absolute atomic E-state index is 0.0948. The highest BCUT2D eigenvalue weighted by Gasteiger charge is 2.20. The summed E-state index contributed by atoms with van der Waals surface area (Å²) >= 11 is 7.23. The molecule has 1 N–H and O–H groups in total. The lowest BCUT2D eigenvalue weighted by Gasteiger charge is -2.06. The quantitative estimate of drug-likeness (QED) is 0.780. The fraction of sp³-hybridized carbons (Fsp3) is 0.312. The number of hydrogen-bond donors (Lipinski definition) is 1. The first-order valence-corrected chi connectivity index (χ1v) is 8.54. The Labute approximate surface area is 143 Å². The van der Waals surface area contributed by atoms with Crippen LogP contribution in [0.5, 0.6) is 0 Å². The summed E-state index contributed by atoms with van der Waals surface area (Å²) in [5, 5.41) is 12.0. The van der Waals surface area contributed by atoms with Gasteiger partial charge < -0.3 is 5.32 Å². The SMILES string of the molecule is Cc1c(C(=O)NCc2ccc(Cl)cc2)sc2nnc(C(C)C)n12. The van der Waals surface area contributed by atoms with E-state index in [1.165, 1.54) is 11.3 Å². The molecule has 23 heavy (non-hydrogen) atoms. The molecular formula is C16H17ClN4OS. The van der Waals surface area contributed by atoms with Gasteiger partial charge in [-0.05, 0) is 24.6 Å². The number of nitrogens with zero attached hydrogens (tertiary/aromatic N) is 3. The minimum atomic E-state index is -0.0948. The van der Waals surface area contributed by atoms with Gasteiger partial charge in [0, 0.05) is 23.2 Å². The molecule has 0 aliphatic heterocycles. The van der Waals surface area contributed by atoms with E-state index in [0.717, 1.165) is 22.0 Å². The zero-order valence-corrected chi connectivity index (χ0v) is 14.7. The Hall–Kier alpha value is -1.92. The van der Waals surface area contributed by atoms with Gasteiger partial charge in [0.15, 0.2) is 0 Å². The van der Waals surface area contributed by atoms with E-state index in [-0.39, 0.29) is 11.8 Å². The number of amides is 1. The van der Waals surface area contributed by atoms with E-state index < -0.39 is 0 Å². The summed E-state index contributed by atoms with van der Waals surface area (Å²) in [4.78, 5) is 13.9. The van der Waals surface area contributed by atoms with E-state index in [1.54, 1.807) is 0 Å². The van der Waals surface area contributed by atoms with Crippen LogP contribution in [0.25, 0.3) is 4.96 Å². The highest BCUT2D eigenvalue weighted by Crippen LogP contribution is 2.25. The molecule has 7 heteroatoms. The molecule has 3 rings (SSSR count). The van der Waals surface area contributed by atoms with Crippen LogP contribution in [0.4, 0.5) is 0 Å². The smallest absolute Gasteiger partial charge is 0.263 e. The van der Waals surface area contributed by atoms with Crippen LogP contribution < -0.4 is 5.32 Å². The average molecular weight is 349 g/mol. The van der Waals surface area contributed by atoms with Crippen molar-refractivity contribution >= 4 is 33.8 Å². The summed E-state index contributed by atoms with van der Waals surface area (Å²) in [5.41, 5.74) is 1.89. The summed E-state index contributed by atoms with van der Waals surface area (Å²) in [7, 11) is 0. The standard InChI is InChI=1S/C16H17ClN4OS/c1-9(2)14-19-20-16-21(14)10(3)13(23-16)15(22)18-8-11-4-6-12(17)7-5-11/h4-7,9H,8H2,1-3H3,(H,18,22). The van der Waals surface area contributed by atoms with Gasteiger partial charge in [-0.25, -0.2) is 0 Å². The van der Waals surface area contributed by atoms with Crippen LogP contribution in [0.3, 0.4) is 0 Å². The molecule has 0 unspecified atom stereocenters. The topological polar surface area (TPSA) is 59.3 Å². The van der Waals surface area contributed by atoms with Crippen molar-refractivity contribution in [3.05, 3.63) is 51.2 Å². The monoisotopic (exact) mass is 348 g/mol. The normalized spacial score (nSPS) is 11.3. The summed E-state index contributed by atoms with van der Waals surface area (Å²) in [6.45, 7) is 6.52. The maximum absolute atomic E-state index is 12.5. The minimum Gasteiger partial charge on any atom is -0.347 e. The number of carbonyl (C=O) groups is 1. The fourth-order valence-corrected chi connectivity index (χ4v) is 3.49. The van der Waals surface area contributed by atoms with Crippen molar-refractivity contribution in [2.75, 3.05) is 0 Å². The molecule has 0 saturated carbocycles. The van der Waals surface area contributed by atoms with E-state index >= 15 is 0 Å². The first kappa shape index (κ1) is 16.0. The average Bonchev–Trinajstić information content (AvgIpc) is 3.07. The highest BCUT2D eigenvalue weighted by atomic mass is 35.5. The molecule has 5 nitrogen and oxygen atoms in total. The zero-order chi connectivity index (χ0) is 16.6. The Balaban J connectivity index is 1.81. The molecule has 1 amide bonds. The molecule has 120 valence electrons. The molecule has 0 bridgehead atoms. The van der Waals surface area contributed by atoms with Gasteiger partial charge in [-0.1, -0.05) is 48.9 Å². The Kier molecular flexibility index (Phi) is 4.37. The van der Waals surface area contributed by atoms with Crippen LogP contribution in [0.15, 0.2) is 24.3 Å². The molecule has 1 aromatic carbocycles. The van der Waals surface area contributed by atoms with Crippen molar-refractivity contribution in [3.63, 3.8) is 0 Å². The van der Waals surface area contributed by atoms with Gasteiger partial charge in [0.05, 0.1) is 0 Å². The Morgan fingerprint density at radius 3 is 2.65 bits per heavy atom. The predicted molar refractivity (Wildman–Crippen MR) is 92.3 cm³/mol. The molecule has 2 heterocycles. The van der Waals surface area contributed by atoms with Crippen LogP contribution in [-0.2, 0) is 6.54 Å². The number of halogens is 1. The predicted octanol–water partition coefficient (Wildman–Crippen LogP) is 3.81. The van der Waals surface area contributed by atoms with Crippen molar-refractivity contribution in [1.82, 2.24) is 19.9 Å². The molecule has 0 spiro atoms. The fourth-order valence-electron chi connectivity index (χ4n) is 2.38. The lowest BCUT2D eigenvalue weighted by molar-refractivity contribution is 0.0954. The van der Waals surface area contributed by atoms with Gasteiger partial charge in [0.25, 0.3) is 5.91 Å². The van der Waals surface area contributed by atoms with Crippen LogP contribution in [0.2, 0.25) is 5.02 Å². The number of carbonyl (C=O) groups excluding carboxylic acids is 1. The molecule has 0 atom stereocenters. The van der Waals surface area contributed by atoms with Gasteiger partial charge in [0.1, 0.15) is 10.7 Å². The van der Waals surface area contributed by atoms with Crippen molar-refractivity contribution in [1.29, 1.82) is 0 Å². The summed E-state index contributed by atoms with van der Waals surface area (Å²) in [5.74, 6) is 1.04. The van der Waals surface area contributed by atoms with Crippen molar-refractivity contribution < 1.29 is 4.79 Å². The van der Waals surface area contributed by atoms with E-state index in [1.807, 2.05) is 35.6 Å². The largest absolute Gasteiger partial charge is 0.347 e. The van der Waals surface area contributed by atoms with Crippen LogP contribution in [-0.4, -0.2) is 20.5 Å². The second-order valence-electron chi connectivity index (χ2n) is 5.66. The number of aryl methyl sites for hydroxylation is 1. The second kappa shape index (κ2) is 6.29.